The average Bonchev–Trinajstić information content (AvgIpc) is 3.59. The lowest BCUT2D eigenvalue weighted by Crippen LogP contribution is -2.45. The zero-order valence-corrected chi connectivity index (χ0v) is 20.4. The lowest BCUT2D eigenvalue weighted by Gasteiger charge is -2.41. The SMILES string of the molecule is COc1ccc(CCC2(C3CCCC3)CC(O)=C(Sc3n[nH]c(-c4ccncc4)n3)C(=O)O2)cc1. The number of aromatic nitrogens is 4. The van der Waals surface area contributed by atoms with E-state index in [0.717, 1.165) is 60.7 Å². The van der Waals surface area contributed by atoms with E-state index in [1.54, 1.807) is 19.5 Å². The number of nitrogens with one attached hydrogen (secondary N) is 1. The van der Waals surface area contributed by atoms with E-state index < -0.39 is 11.6 Å². The van der Waals surface area contributed by atoms with Gasteiger partial charge in [0.05, 0.1) is 7.11 Å². The molecule has 1 aliphatic heterocycles. The Morgan fingerprint density at radius 2 is 1.91 bits per heavy atom. The fraction of sp³-hybridized carbons (Fsp3) is 0.385. The number of hydrogen-bond acceptors (Lipinski definition) is 8. The Morgan fingerprint density at radius 1 is 1.17 bits per heavy atom. The van der Waals surface area contributed by atoms with Gasteiger partial charge in [-0.2, -0.15) is 0 Å². The Hall–Kier alpha value is -3.33. The maximum atomic E-state index is 13.2. The smallest absolute Gasteiger partial charge is 0.349 e. The monoisotopic (exact) mass is 492 g/mol. The van der Waals surface area contributed by atoms with Crippen LogP contribution in [0.2, 0.25) is 0 Å². The standard InChI is InChI=1S/C26H28N4O4S/c1-33-20-8-6-17(7-9-20)10-13-26(19-4-2-3-5-19)16-21(31)22(24(32)34-26)35-25-28-23(29-30-25)18-11-14-27-15-12-18/h6-9,11-12,14-15,19,31H,2-5,10,13,16H2,1H3,(H,28,29,30). The number of carbonyl (C=O) groups excluding carboxylic acids is 1. The number of rotatable bonds is 8. The van der Waals surface area contributed by atoms with Gasteiger partial charge in [0.25, 0.3) is 0 Å². The molecule has 2 aliphatic rings. The van der Waals surface area contributed by atoms with Gasteiger partial charge in [-0.05, 0) is 73.2 Å². The molecule has 1 aromatic carbocycles. The van der Waals surface area contributed by atoms with Crippen LogP contribution in [0.15, 0.2) is 64.6 Å². The van der Waals surface area contributed by atoms with Gasteiger partial charge in [0.1, 0.15) is 22.0 Å². The highest BCUT2D eigenvalue weighted by atomic mass is 32.2. The van der Waals surface area contributed by atoms with Crippen LogP contribution in [0, 0.1) is 5.92 Å². The summed E-state index contributed by atoms with van der Waals surface area (Å²) in [6, 6.07) is 11.6. The third-order valence-electron chi connectivity index (χ3n) is 6.92. The van der Waals surface area contributed by atoms with Crippen molar-refractivity contribution in [3.8, 4) is 17.1 Å². The summed E-state index contributed by atoms with van der Waals surface area (Å²) in [6.45, 7) is 0. The summed E-state index contributed by atoms with van der Waals surface area (Å²) in [6.07, 6.45) is 9.30. The van der Waals surface area contributed by atoms with Crippen molar-refractivity contribution < 1.29 is 19.4 Å². The van der Waals surface area contributed by atoms with E-state index in [4.69, 9.17) is 9.47 Å². The number of aliphatic hydroxyl groups excluding tert-OH is 1. The minimum absolute atomic E-state index is 0.0585. The van der Waals surface area contributed by atoms with Gasteiger partial charge in [0.15, 0.2) is 5.82 Å². The van der Waals surface area contributed by atoms with Crippen molar-refractivity contribution in [1.82, 2.24) is 20.2 Å². The molecule has 9 heteroatoms. The summed E-state index contributed by atoms with van der Waals surface area (Å²) in [5, 5.41) is 18.5. The molecule has 0 saturated heterocycles. The number of H-pyrrole nitrogens is 1. The number of cyclic esters (lactones) is 1. The molecule has 2 aromatic heterocycles. The van der Waals surface area contributed by atoms with E-state index in [1.807, 2.05) is 36.4 Å². The fourth-order valence-corrected chi connectivity index (χ4v) is 5.77. The van der Waals surface area contributed by atoms with Crippen LogP contribution in [0.1, 0.15) is 44.1 Å². The summed E-state index contributed by atoms with van der Waals surface area (Å²) in [5.41, 5.74) is 1.28. The molecule has 0 radical (unpaired) electrons. The van der Waals surface area contributed by atoms with Crippen molar-refractivity contribution in [1.29, 1.82) is 0 Å². The lowest BCUT2D eigenvalue weighted by atomic mass is 9.77. The molecule has 0 bridgehead atoms. The number of benzene rings is 1. The Kier molecular flexibility index (Phi) is 6.77. The molecule has 1 saturated carbocycles. The number of nitrogens with zero attached hydrogens (tertiary/aromatic N) is 3. The Labute approximate surface area is 208 Å². The minimum Gasteiger partial charge on any atom is -0.511 e. The summed E-state index contributed by atoms with van der Waals surface area (Å²) >= 11 is 1.03. The maximum Gasteiger partial charge on any atom is 0.349 e. The zero-order chi connectivity index (χ0) is 24.3. The number of hydrogen-bond donors (Lipinski definition) is 2. The van der Waals surface area contributed by atoms with Crippen molar-refractivity contribution >= 4 is 17.7 Å². The molecule has 1 fully saturated rings. The topological polar surface area (TPSA) is 110 Å². The van der Waals surface area contributed by atoms with Gasteiger partial charge in [-0.3, -0.25) is 10.1 Å². The predicted molar refractivity (Wildman–Crippen MR) is 132 cm³/mol. The Bertz CT molecular complexity index is 1210. The fourth-order valence-electron chi connectivity index (χ4n) is 5.04. The van der Waals surface area contributed by atoms with Crippen LogP contribution < -0.4 is 4.74 Å². The van der Waals surface area contributed by atoms with Gasteiger partial charge in [0.2, 0.25) is 5.16 Å². The number of esters is 1. The second-order valence-electron chi connectivity index (χ2n) is 9.04. The first-order valence-corrected chi connectivity index (χ1v) is 12.7. The van der Waals surface area contributed by atoms with Crippen molar-refractivity contribution in [2.45, 2.75) is 55.7 Å². The molecular formula is C26H28N4O4S. The van der Waals surface area contributed by atoms with Gasteiger partial charge >= 0.3 is 5.97 Å². The molecule has 8 nitrogen and oxygen atoms in total. The Balaban J connectivity index is 1.35. The van der Waals surface area contributed by atoms with E-state index in [1.165, 1.54) is 0 Å². The van der Waals surface area contributed by atoms with Crippen molar-refractivity contribution in [3.05, 3.63) is 65.0 Å². The molecule has 1 atom stereocenters. The first kappa shape index (κ1) is 23.4. The van der Waals surface area contributed by atoms with E-state index in [0.29, 0.717) is 23.8 Å². The lowest BCUT2D eigenvalue weighted by molar-refractivity contribution is -0.166. The highest BCUT2D eigenvalue weighted by molar-refractivity contribution is 8.03. The largest absolute Gasteiger partial charge is 0.511 e. The summed E-state index contributed by atoms with van der Waals surface area (Å²) < 4.78 is 11.4. The second-order valence-corrected chi connectivity index (χ2v) is 10.0. The van der Waals surface area contributed by atoms with Crippen LogP contribution in [-0.2, 0) is 16.0 Å². The quantitative estimate of drug-likeness (QED) is 0.411. The number of pyridine rings is 1. The molecule has 35 heavy (non-hydrogen) atoms. The molecule has 3 heterocycles. The van der Waals surface area contributed by atoms with Gasteiger partial charge in [0, 0.05) is 24.4 Å². The molecule has 1 aliphatic carbocycles. The maximum absolute atomic E-state index is 13.2. The number of ether oxygens (including phenoxy) is 2. The minimum atomic E-state index is -0.705. The molecule has 0 amide bonds. The molecule has 0 spiro atoms. The normalized spacial score (nSPS) is 20.8. The average molecular weight is 493 g/mol. The second kappa shape index (κ2) is 10.1. The predicted octanol–water partition coefficient (Wildman–Crippen LogP) is 5.25. The van der Waals surface area contributed by atoms with Gasteiger partial charge < -0.3 is 14.6 Å². The van der Waals surface area contributed by atoms with Crippen LogP contribution in [0.25, 0.3) is 11.4 Å². The Morgan fingerprint density at radius 3 is 2.60 bits per heavy atom. The number of aryl methyl sites for hydroxylation is 1. The van der Waals surface area contributed by atoms with Crippen LogP contribution in [0.4, 0.5) is 0 Å². The zero-order valence-electron chi connectivity index (χ0n) is 19.6. The van der Waals surface area contributed by atoms with Crippen molar-refractivity contribution in [2.75, 3.05) is 7.11 Å². The number of aliphatic hydroxyl groups is 1. The van der Waals surface area contributed by atoms with Crippen molar-refractivity contribution in [3.63, 3.8) is 0 Å². The number of carbonyl (C=O) groups is 1. The number of methoxy groups -OCH3 is 1. The summed E-state index contributed by atoms with van der Waals surface area (Å²) in [7, 11) is 1.65. The molecule has 1 unspecified atom stereocenters. The highest BCUT2D eigenvalue weighted by Crippen LogP contribution is 2.47. The first-order valence-electron chi connectivity index (χ1n) is 11.9. The number of thioether (sulfide) groups is 1. The van der Waals surface area contributed by atoms with E-state index in [2.05, 4.69) is 20.2 Å². The van der Waals surface area contributed by atoms with Gasteiger partial charge in [-0.15, -0.1) is 5.10 Å². The number of aromatic amines is 1. The molecule has 2 N–H and O–H groups in total. The molecule has 182 valence electrons. The van der Waals surface area contributed by atoms with Gasteiger partial charge in [-0.1, -0.05) is 25.0 Å². The van der Waals surface area contributed by atoms with Crippen LogP contribution in [0.3, 0.4) is 0 Å². The third kappa shape index (κ3) is 5.05. The molecule has 5 rings (SSSR count). The van der Waals surface area contributed by atoms with Crippen LogP contribution >= 0.6 is 11.8 Å². The summed E-state index contributed by atoms with van der Waals surface area (Å²) in [5.74, 6) is 1.17. The van der Waals surface area contributed by atoms with E-state index in [9.17, 15) is 9.90 Å². The first-order chi connectivity index (χ1) is 17.1. The van der Waals surface area contributed by atoms with Crippen LogP contribution in [0.5, 0.6) is 5.75 Å². The van der Waals surface area contributed by atoms with E-state index >= 15 is 0 Å². The van der Waals surface area contributed by atoms with Gasteiger partial charge in [-0.25, -0.2) is 9.78 Å². The third-order valence-corrected chi connectivity index (χ3v) is 7.89. The van der Waals surface area contributed by atoms with Crippen LogP contribution in [-0.4, -0.2) is 44.0 Å². The highest BCUT2D eigenvalue weighted by Gasteiger charge is 2.48. The molecule has 3 aromatic rings. The van der Waals surface area contributed by atoms with E-state index in [-0.39, 0.29) is 16.6 Å². The summed E-state index contributed by atoms with van der Waals surface area (Å²) in [4.78, 5) is 21.8. The molecular weight excluding hydrogens is 464 g/mol. The van der Waals surface area contributed by atoms with Crippen molar-refractivity contribution in [2.24, 2.45) is 5.92 Å².